The van der Waals surface area contributed by atoms with E-state index in [1.807, 2.05) is 32.9 Å². The molecule has 2 aromatic rings. The molecule has 0 aromatic heterocycles. The highest BCUT2D eigenvalue weighted by atomic mass is 16.6. The fourth-order valence-corrected chi connectivity index (χ4v) is 2.51. The van der Waals surface area contributed by atoms with Gasteiger partial charge < -0.3 is 19.5 Å². The molecule has 0 aliphatic carbocycles. The predicted octanol–water partition coefficient (Wildman–Crippen LogP) is 3.05. The van der Waals surface area contributed by atoms with Crippen LogP contribution in [-0.2, 0) is 9.53 Å². The zero-order valence-corrected chi connectivity index (χ0v) is 15.9. The van der Waals surface area contributed by atoms with E-state index in [2.05, 4.69) is 11.4 Å². The van der Waals surface area contributed by atoms with Gasteiger partial charge in [0.2, 0.25) is 0 Å². The van der Waals surface area contributed by atoms with Crippen LogP contribution in [0.1, 0.15) is 28.4 Å². The van der Waals surface area contributed by atoms with Crippen LogP contribution in [0.25, 0.3) is 0 Å². The Morgan fingerprint density at radius 3 is 2.19 bits per heavy atom. The number of carbonyl (C=O) groups excluding carboxylic acids is 2. The van der Waals surface area contributed by atoms with Crippen molar-refractivity contribution in [2.45, 2.75) is 20.8 Å². The first-order chi connectivity index (χ1) is 13.0. The fourth-order valence-electron chi connectivity index (χ4n) is 2.51. The maximum absolute atomic E-state index is 12.0. The van der Waals surface area contributed by atoms with E-state index in [4.69, 9.17) is 14.2 Å². The highest BCUT2D eigenvalue weighted by Gasteiger charge is 2.09. The van der Waals surface area contributed by atoms with E-state index in [9.17, 15) is 9.59 Å². The van der Waals surface area contributed by atoms with Crippen molar-refractivity contribution in [1.29, 1.82) is 0 Å². The van der Waals surface area contributed by atoms with E-state index in [0.29, 0.717) is 17.9 Å². The van der Waals surface area contributed by atoms with Crippen LogP contribution in [0.2, 0.25) is 0 Å². The summed E-state index contributed by atoms with van der Waals surface area (Å²) in [5, 5.41) is 2.53. The Morgan fingerprint density at radius 2 is 1.56 bits per heavy atom. The summed E-state index contributed by atoms with van der Waals surface area (Å²) in [4.78, 5) is 23.7. The molecule has 27 heavy (non-hydrogen) atoms. The van der Waals surface area contributed by atoms with Crippen molar-refractivity contribution in [1.82, 2.24) is 5.32 Å². The van der Waals surface area contributed by atoms with Crippen molar-refractivity contribution in [3.05, 3.63) is 59.2 Å². The Hall–Kier alpha value is -3.02. The molecular weight excluding hydrogens is 346 g/mol. The van der Waals surface area contributed by atoms with Crippen LogP contribution in [0.3, 0.4) is 0 Å². The lowest BCUT2D eigenvalue weighted by Crippen LogP contribution is -2.31. The molecule has 0 heterocycles. The molecule has 0 saturated carbocycles. The first-order valence-electron chi connectivity index (χ1n) is 8.85. The third-order valence-corrected chi connectivity index (χ3v) is 3.63. The van der Waals surface area contributed by atoms with E-state index < -0.39 is 5.97 Å². The summed E-state index contributed by atoms with van der Waals surface area (Å²) in [6, 6.07) is 12.6. The maximum Gasteiger partial charge on any atom is 0.325 e. The molecule has 0 unspecified atom stereocenters. The van der Waals surface area contributed by atoms with Crippen molar-refractivity contribution in [3.8, 4) is 11.5 Å². The van der Waals surface area contributed by atoms with Gasteiger partial charge in [-0.15, -0.1) is 0 Å². The molecule has 0 spiro atoms. The second-order valence-electron chi connectivity index (χ2n) is 6.03. The molecule has 6 nitrogen and oxygen atoms in total. The highest BCUT2D eigenvalue weighted by molar-refractivity contribution is 5.96. The summed E-state index contributed by atoms with van der Waals surface area (Å²) in [5.41, 5.74) is 2.67. The highest BCUT2D eigenvalue weighted by Crippen LogP contribution is 2.16. The van der Waals surface area contributed by atoms with Crippen LogP contribution >= 0.6 is 0 Å². The van der Waals surface area contributed by atoms with Crippen molar-refractivity contribution in [3.63, 3.8) is 0 Å². The van der Waals surface area contributed by atoms with Crippen LogP contribution in [0.15, 0.2) is 42.5 Å². The molecular formula is C21H25NO5. The van der Waals surface area contributed by atoms with Gasteiger partial charge in [0.25, 0.3) is 5.91 Å². The third kappa shape index (κ3) is 7.01. The van der Waals surface area contributed by atoms with Crippen LogP contribution in [0.4, 0.5) is 0 Å². The number of carbonyl (C=O) groups is 2. The average molecular weight is 371 g/mol. The summed E-state index contributed by atoms with van der Waals surface area (Å²) in [5.74, 6) is 0.574. The summed E-state index contributed by atoms with van der Waals surface area (Å²) < 4.78 is 16.0. The largest absolute Gasteiger partial charge is 0.494 e. The van der Waals surface area contributed by atoms with Crippen molar-refractivity contribution in [2.75, 3.05) is 26.4 Å². The van der Waals surface area contributed by atoms with Crippen LogP contribution in [0, 0.1) is 13.8 Å². The summed E-state index contributed by atoms with van der Waals surface area (Å²) in [7, 11) is 0. The number of benzene rings is 2. The van der Waals surface area contributed by atoms with Crippen LogP contribution in [0.5, 0.6) is 11.5 Å². The van der Waals surface area contributed by atoms with Gasteiger partial charge in [-0.25, -0.2) is 0 Å². The van der Waals surface area contributed by atoms with Crippen LogP contribution in [-0.4, -0.2) is 38.2 Å². The minimum atomic E-state index is -0.515. The number of esters is 1. The van der Waals surface area contributed by atoms with Gasteiger partial charge in [-0.05, 0) is 68.3 Å². The monoisotopic (exact) mass is 371 g/mol. The molecule has 1 N–H and O–H groups in total. The second-order valence-corrected chi connectivity index (χ2v) is 6.03. The summed E-state index contributed by atoms with van der Waals surface area (Å²) in [6.45, 7) is 6.60. The van der Waals surface area contributed by atoms with Gasteiger partial charge in [0.15, 0.2) is 0 Å². The number of amides is 1. The first-order valence-corrected chi connectivity index (χ1v) is 8.85. The number of aryl methyl sites for hydroxylation is 2. The molecule has 0 fully saturated rings. The molecule has 144 valence electrons. The van der Waals surface area contributed by atoms with E-state index in [1.165, 1.54) is 0 Å². The topological polar surface area (TPSA) is 73.9 Å². The number of hydrogen-bond donors (Lipinski definition) is 1. The molecule has 0 bridgehead atoms. The lowest BCUT2D eigenvalue weighted by molar-refractivity contribution is -0.143. The molecule has 1 amide bonds. The Morgan fingerprint density at radius 1 is 0.889 bits per heavy atom. The van der Waals surface area contributed by atoms with Gasteiger partial charge in [-0.1, -0.05) is 6.07 Å². The normalized spacial score (nSPS) is 10.2. The zero-order valence-electron chi connectivity index (χ0n) is 15.9. The Labute approximate surface area is 159 Å². The van der Waals surface area contributed by atoms with E-state index in [-0.39, 0.29) is 25.7 Å². The van der Waals surface area contributed by atoms with Crippen molar-refractivity contribution < 1.29 is 23.8 Å². The molecule has 0 aliphatic rings. The maximum atomic E-state index is 12.0. The molecule has 0 radical (unpaired) electrons. The number of hydrogen-bond acceptors (Lipinski definition) is 5. The van der Waals surface area contributed by atoms with Gasteiger partial charge in [0.05, 0.1) is 6.61 Å². The predicted molar refractivity (Wildman–Crippen MR) is 102 cm³/mol. The average Bonchev–Trinajstić information content (AvgIpc) is 2.63. The molecule has 2 rings (SSSR count). The van der Waals surface area contributed by atoms with Crippen molar-refractivity contribution >= 4 is 11.9 Å². The smallest absolute Gasteiger partial charge is 0.325 e. The Bertz CT molecular complexity index is 750. The number of nitrogens with one attached hydrogen (secondary N) is 1. The van der Waals surface area contributed by atoms with Gasteiger partial charge in [0, 0.05) is 5.56 Å². The Kier molecular flexibility index (Phi) is 7.67. The third-order valence-electron chi connectivity index (χ3n) is 3.63. The second kappa shape index (κ2) is 10.2. The summed E-state index contributed by atoms with van der Waals surface area (Å²) >= 11 is 0. The Balaban J connectivity index is 1.67. The first kappa shape index (κ1) is 20.3. The van der Waals surface area contributed by atoms with Crippen LogP contribution < -0.4 is 14.8 Å². The number of rotatable bonds is 9. The summed E-state index contributed by atoms with van der Waals surface area (Å²) in [6.07, 6.45) is 0. The van der Waals surface area contributed by atoms with Gasteiger partial charge >= 0.3 is 5.97 Å². The van der Waals surface area contributed by atoms with Gasteiger partial charge in [-0.2, -0.15) is 0 Å². The SMILES string of the molecule is CCOc1ccc(C(=O)NCC(=O)OCCOc2cc(C)cc(C)c2)cc1. The lowest BCUT2D eigenvalue weighted by Gasteiger charge is -2.10. The molecule has 6 heteroatoms. The molecule has 0 atom stereocenters. The molecule has 0 aliphatic heterocycles. The van der Waals surface area contributed by atoms with Gasteiger partial charge in [-0.3, -0.25) is 9.59 Å². The van der Waals surface area contributed by atoms with Gasteiger partial charge in [0.1, 0.15) is 31.3 Å². The fraction of sp³-hybridized carbons (Fsp3) is 0.333. The molecule has 0 saturated heterocycles. The molecule has 2 aromatic carbocycles. The van der Waals surface area contributed by atoms with Crippen molar-refractivity contribution in [2.24, 2.45) is 0 Å². The minimum Gasteiger partial charge on any atom is -0.494 e. The minimum absolute atomic E-state index is 0.116. The standard InChI is InChI=1S/C21H25NO5/c1-4-25-18-7-5-17(6-8-18)21(24)22-14-20(23)27-10-9-26-19-12-15(2)11-16(3)13-19/h5-8,11-13H,4,9-10,14H2,1-3H3,(H,22,24). The van der Waals surface area contributed by atoms with E-state index in [0.717, 1.165) is 16.9 Å². The van der Waals surface area contributed by atoms with E-state index in [1.54, 1.807) is 24.3 Å². The zero-order chi connectivity index (χ0) is 19.6. The lowest BCUT2D eigenvalue weighted by atomic mass is 10.1. The van der Waals surface area contributed by atoms with E-state index >= 15 is 0 Å². The number of ether oxygens (including phenoxy) is 3. The quantitative estimate of drug-likeness (QED) is 0.542.